The fourth-order valence-electron chi connectivity index (χ4n) is 0.995. The van der Waals surface area contributed by atoms with Gasteiger partial charge in [0.1, 0.15) is 0 Å². The largest absolute Gasteiger partial charge is 0.481 e. The normalized spacial score (nSPS) is 11.2. The number of hydrogen-bond acceptors (Lipinski definition) is 4. The molecule has 0 unspecified atom stereocenters. The summed E-state index contributed by atoms with van der Waals surface area (Å²) in [6, 6.07) is 5.32. The van der Waals surface area contributed by atoms with Gasteiger partial charge in [-0.15, -0.1) is 0 Å². The van der Waals surface area contributed by atoms with Crippen LogP contribution < -0.4 is 9.47 Å². The Labute approximate surface area is 89.9 Å². The second-order valence-corrected chi connectivity index (χ2v) is 3.93. The molecule has 15 heavy (non-hydrogen) atoms. The van der Waals surface area contributed by atoms with E-state index in [-0.39, 0.29) is 0 Å². The molecule has 1 aromatic heterocycles. The summed E-state index contributed by atoms with van der Waals surface area (Å²) < 4.78 is 10.3. The van der Waals surface area contributed by atoms with Gasteiger partial charge >= 0.3 is 0 Å². The molecule has 1 rings (SSSR count). The molecule has 0 saturated heterocycles. The quantitative estimate of drug-likeness (QED) is 0.804. The molecule has 0 saturated carbocycles. The lowest BCUT2D eigenvalue weighted by molar-refractivity contribution is 0.0546. The third-order valence-corrected chi connectivity index (χ3v) is 1.87. The van der Waals surface area contributed by atoms with E-state index in [1.165, 1.54) is 0 Å². The first kappa shape index (κ1) is 11.8. The van der Waals surface area contributed by atoms with Crippen molar-refractivity contribution in [3.63, 3.8) is 0 Å². The molecule has 0 fully saturated rings. The van der Waals surface area contributed by atoms with Crippen molar-refractivity contribution < 1.29 is 14.6 Å². The Balaban J connectivity index is 2.44. The smallest absolute Gasteiger partial charge is 0.216 e. The Kier molecular flexibility index (Phi) is 3.91. The van der Waals surface area contributed by atoms with Crippen LogP contribution in [0.4, 0.5) is 0 Å². The van der Waals surface area contributed by atoms with Crippen LogP contribution in [0.25, 0.3) is 0 Å². The van der Waals surface area contributed by atoms with Crippen molar-refractivity contribution in [3.8, 4) is 11.8 Å². The summed E-state index contributed by atoms with van der Waals surface area (Å²) in [7, 11) is 1.56. The predicted molar refractivity (Wildman–Crippen MR) is 57.2 cm³/mol. The van der Waals surface area contributed by atoms with Gasteiger partial charge in [-0.1, -0.05) is 6.07 Å². The highest BCUT2D eigenvalue weighted by molar-refractivity contribution is 5.19. The van der Waals surface area contributed by atoms with Gasteiger partial charge in [0.25, 0.3) is 0 Å². The highest BCUT2D eigenvalue weighted by Gasteiger charge is 2.12. The number of ether oxygens (including phenoxy) is 2. The van der Waals surface area contributed by atoms with E-state index in [1.54, 1.807) is 33.1 Å². The molecule has 1 heterocycles. The molecule has 0 aliphatic rings. The van der Waals surface area contributed by atoms with E-state index in [9.17, 15) is 5.11 Å². The van der Waals surface area contributed by atoms with Crippen LogP contribution in [-0.2, 0) is 0 Å². The zero-order chi connectivity index (χ0) is 11.3. The molecule has 4 heteroatoms. The van der Waals surface area contributed by atoms with E-state index in [1.807, 2.05) is 6.07 Å². The molecule has 1 aromatic rings. The predicted octanol–water partition coefficient (Wildman–Crippen LogP) is 1.63. The number of aliphatic hydroxyl groups is 1. The van der Waals surface area contributed by atoms with E-state index in [4.69, 9.17) is 9.47 Å². The van der Waals surface area contributed by atoms with Gasteiger partial charge in [-0.2, -0.15) is 4.98 Å². The molecular weight excluding hydrogens is 194 g/mol. The average Bonchev–Trinajstić information content (AvgIpc) is 2.16. The zero-order valence-corrected chi connectivity index (χ0v) is 9.36. The molecule has 0 aliphatic heterocycles. The molecule has 4 nitrogen and oxygen atoms in total. The summed E-state index contributed by atoms with van der Waals surface area (Å²) in [5, 5.41) is 9.47. The van der Waals surface area contributed by atoms with Gasteiger partial charge in [0.2, 0.25) is 11.8 Å². The highest BCUT2D eigenvalue weighted by atomic mass is 16.5. The Morgan fingerprint density at radius 1 is 1.33 bits per heavy atom. The summed E-state index contributed by atoms with van der Waals surface area (Å²) in [6.07, 6.45) is 0.561. The van der Waals surface area contributed by atoms with Gasteiger partial charge in [-0.05, 0) is 13.8 Å². The second-order valence-electron chi connectivity index (χ2n) is 3.93. The minimum atomic E-state index is -0.709. The maximum Gasteiger partial charge on any atom is 0.216 e. The third-order valence-electron chi connectivity index (χ3n) is 1.87. The van der Waals surface area contributed by atoms with Crippen molar-refractivity contribution in [2.24, 2.45) is 0 Å². The van der Waals surface area contributed by atoms with Gasteiger partial charge < -0.3 is 14.6 Å². The molecule has 0 atom stereocenters. The van der Waals surface area contributed by atoms with E-state index in [2.05, 4.69) is 4.98 Å². The standard InChI is InChI=1S/C11H17NO3/c1-11(2,13)7-8-15-10-6-4-5-9(12-10)14-3/h4-6,13H,7-8H2,1-3H3. The summed E-state index contributed by atoms with van der Waals surface area (Å²) in [6.45, 7) is 3.92. The highest BCUT2D eigenvalue weighted by Crippen LogP contribution is 2.14. The van der Waals surface area contributed by atoms with Crippen LogP contribution in [0, 0.1) is 0 Å². The Morgan fingerprint density at radius 2 is 2.00 bits per heavy atom. The second kappa shape index (κ2) is 4.98. The van der Waals surface area contributed by atoms with Gasteiger partial charge in [0.05, 0.1) is 19.3 Å². The van der Waals surface area contributed by atoms with Gasteiger partial charge in [0.15, 0.2) is 0 Å². The van der Waals surface area contributed by atoms with Crippen LogP contribution in [0.15, 0.2) is 18.2 Å². The molecule has 0 radical (unpaired) electrons. The number of aromatic nitrogens is 1. The summed E-state index contributed by atoms with van der Waals surface area (Å²) in [5.41, 5.74) is -0.709. The first-order chi connectivity index (χ1) is 7.01. The van der Waals surface area contributed by atoms with Crippen LogP contribution in [-0.4, -0.2) is 29.4 Å². The summed E-state index contributed by atoms with van der Waals surface area (Å²) in [5.74, 6) is 1.04. The first-order valence-corrected chi connectivity index (χ1v) is 4.87. The average molecular weight is 211 g/mol. The van der Waals surface area contributed by atoms with Crippen molar-refractivity contribution >= 4 is 0 Å². The summed E-state index contributed by atoms with van der Waals surface area (Å²) in [4.78, 5) is 4.08. The maximum atomic E-state index is 9.47. The molecule has 0 bridgehead atoms. The Hall–Kier alpha value is -1.29. The van der Waals surface area contributed by atoms with Crippen molar-refractivity contribution in [1.29, 1.82) is 0 Å². The minimum absolute atomic E-state index is 0.434. The molecule has 0 aromatic carbocycles. The number of rotatable bonds is 5. The van der Waals surface area contributed by atoms with Gasteiger partial charge in [-0.3, -0.25) is 0 Å². The van der Waals surface area contributed by atoms with Crippen molar-refractivity contribution in [2.75, 3.05) is 13.7 Å². The van der Waals surface area contributed by atoms with Gasteiger partial charge in [0, 0.05) is 18.6 Å². The van der Waals surface area contributed by atoms with Gasteiger partial charge in [-0.25, -0.2) is 0 Å². The Morgan fingerprint density at radius 3 is 2.60 bits per heavy atom. The molecule has 0 aliphatic carbocycles. The fraction of sp³-hybridized carbons (Fsp3) is 0.545. The van der Waals surface area contributed by atoms with Crippen LogP contribution in [0.3, 0.4) is 0 Å². The van der Waals surface area contributed by atoms with Crippen LogP contribution in [0.5, 0.6) is 11.8 Å². The molecular formula is C11H17NO3. The number of pyridine rings is 1. The number of nitrogens with zero attached hydrogens (tertiary/aromatic N) is 1. The fourth-order valence-corrected chi connectivity index (χ4v) is 0.995. The number of methoxy groups -OCH3 is 1. The molecule has 0 spiro atoms. The Bertz CT molecular complexity index is 307. The number of hydrogen-bond donors (Lipinski definition) is 1. The van der Waals surface area contributed by atoms with Crippen LogP contribution in [0.2, 0.25) is 0 Å². The molecule has 1 N–H and O–H groups in total. The monoisotopic (exact) mass is 211 g/mol. The van der Waals surface area contributed by atoms with E-state index in [0.29, 0.717) is 24.8 Å². The van der Waals surface area contributed by atoms with E-state index < -0.39 is 5.60 Å². The maximum absolute atomic E-state index is 9.47. The van der Waals surface area contributed by atoms with Crippen molar-refractivity contribution in [2.45, 2.75) is 25.9 Å². The lowest BCUT2D eigenvalue weighted by Crippen LogP contribution is -2.21. The minimum Gasteiger partial charge on any atom is -0.481 e. The lowest BCUT2D eigenvalue weighted by Gasteiger charge is -2.16. The van der Waals surface area contributed by atoms with Crippen molar-refractivity contribution in [1.82, 2.24) is 4.98 Å². The lowest BCUT2D eigenvalue weighted by atomic mass is 10.1. The van der Waals surface area contributed by atoms with Crippen molar-refractivity contribution in [3.05, 3.63) is 18.2 Å². The third kappa shape index (κ3) is 4.65. The van der Waals surface area contributed by atoms with E-state index in [0.717, 1.165) is 0 Å². The molecule has 0 amide bonds. The van der Waals surface area contributed by atoms with Crippen LogP contribution >= 0.6 is 0 Å². The van der Waals surface area contributed by atoms with E-state index >= 15 is 0 Å². The topological polar surface area (TPSA) is 51.6 Å². The van der Waals surface area contributed by atoms with Crippen LogP contribution in [0.1, 0.15) is 20.3 Å². The molecule has 84 valence electrons. The first-order valence-electron chi connectivity index (χ1n) is 4.87. The summed E-state index contributed by atoms with van der Waals surface area (Å²) >= 11 is 0. The zero-order valence-electron chi connectivity index (χ0n) is 9.36. The SMILES string of the molecule is COc1cccc(OCCC(C)(C)O)n1.